The molecule has 106 valence electrons. The van der Waals surface area contributed by atoms with Crippen LogP contribution in [-0.4, -0.2) is 9.67 Å². The molecule has 0 radical (unpaired) electrons. The Hall–Kier alpha value is -3.07. The molecule has 0 spiro atoms. The number of imidazole rings is 1. The first kappa shape index (κ1) is 12.7. The third kappa shape index (κ3) is 1.87. The Balaban J connectivity index is 2.14. The number of aromatic hydroxyl groups is 1. The first-order valence-corrected chi connectivity index (χ1v) is 7.21. The summed E-state index contributed by atoms with van der Waals surface area (Å²) in [4.78, 5) is 0. The topological polar surface area (TPSA) is 29.3 Å². The fourth-order valence-electron chi connectivity index (χ4n) is 2.82. The van der Waals surface area contributed by atoms with Gasteiger partial charge in [0.25, 0.3) is 5.65 Å². The second-order valence-electron chi connectivity index (χ2n) is 5.14. The van der Waals surface area contributed by atoms with Crippen molar-refractivity contribution in [2.75, 3.05) is 0 Å². The molecule has 3 nitrogen and oxygen atoms in total. The van der Waals surface area contributed by atoms with Gasteiger partial charge in [-0.2, -0.15) is 8.97 Å². The minimum absolute atomic E-state index is 0.241. The van der Waals surface area contributed by atoms with E-state index < -0.39 is 0 Å². The summed E-state index contributed by atoms with van der Waals surface area (Å²) in [6.45, 7) is 0. The minimum Gasteiger partial charge on any atom is -0.474 e. The van der Waals surface area contributed by atoms with Crippen LogP contribution < -0.4 is 4.40 Å². The summed E-state index contributed by atoms with van der Waals surface area (Å²) in [5, 5.41) is 10.7. The van der Waals surface area contributed by atoms with E-state index in [1.54, 1.807) is 4.40 Å². The van der Waals surface area contributed by atoms with Crippen LogP contribution in [0.5, 0.6) is 5.88 Å². The molecule has 0 bridgehead atoms. The molecule has 3 heteroatoms. The maximum atomic E-state index is 10.7. The fraction of sp³-hybridized carbons (Fsp3) is 0. The summed E-state index contributed by atoms with van der Waals surface area (Å²) < 4.78 is 3.88. The van der Waals surface area contributed by atoms with Crippen LogP contribution in [-0.2, 0) is 0 Å². The van der Waals surface area contributed by atoms with Gasteiger partial charge < -0.3 is 5.11 Å². The van der Waals surface area contributed by atoms with E-state index in [0.29, 0.717) is 0 Å². The van der Waals surface area contributed by atoms with E-state index in [1.165, 1.54) is 0 Å². The third-order valence-electron chi connectivity index (χ3n) is 3.79. The molecule has 2 aromatic heterocycles. The molecule has 0 amide bonds. The van der Waals surface area contributed by atoms with E-state index in [2.05, 4.69) is 4.57 Å². The minimum atomic E-state index is 0.241. The maximum Gasteiger partial charge on any atom is 0.336 e. The maximum absolute atomic E-state index is 10.7. The van der Waals surface area contributed by atoms with Crippen molar-refractivity contribution in [2.24, 2.45) is 0 Å². The molecule has 2 heterocycles. The monoisotopic (exact) mass is 287 g/mol. The molecule has 1 N–H and O–H groups in total. The SMILES string of the molecule is Oc1c(-c2ccccc2)n(-c2ccccc2)c2cccc[n+]12. The smallest absolute Gasteiger partial charge is 0.336 e. The van der Waals surface area contributed by atoms with Crippen LogP contribution in [0.15, 0.2) is 85.1 Å². The highest BCUT2D eigenvalue weighted by molar-refractivity contribution is 5.70. The fourth-order valence-corrected chi connectivity index (χ4v) is 2.82. The Bertz CT molecular complexity index is 928. The van der Waals surface area contributed by atoms with Gasteiger partial charge in [-0.25, -0.2) is 0 Å². The Morgan fingerprint density at radius 2 is 1.36 bits per heavy atom. The molecule has 0 aliphatic heterocycles. The van der Waals surface area contributed by atoms with Crippen LogP contribution in [0.3, 0.4) is 0 Å². The van der Waals surface area contributed by atoms with E-state index in [-0.39, 0.29) is 5.88 Å². The van der Waals surface area contributed by atoms with Crippen molar-refractivity contribution in [3.63, 3.8) is 0 Å². The van der Waals surface area contributed by atoms with Crippen molar-refractivity contribution < 1.29 is 9.51 Å². The normalized spacial score (nSPS) is 10.9. The van der Waals surface area contributed by atoms with E-state index >= 15 is 0 Å². The van der Waals surface area contributed by atoms with Gasteiger partial charge in [-0.3, -0.25) is 0 Å². The first-order chi connectivity index (χ1) is 10.9. The lowest BCUT2D eigenvalue weighted by molar-refractivity contribution is -0.520. The van der Waals surface area contributed by atoms with Crippen LogP contribution in [0.25, 0.3) is 22.6 Å². The highest BCUT2D eigenvalue weighted by Gasteiger charge is 2.27. The lowest BCUT2D eigenvalue weighted by Crippen LogP contribution is -2.18. The van der Waals surface area contributed by atoms with Crippen LogP contribution in [0, 0.1) is 0 Å². The summed E-state index contributed by atoms with van der Waals surface area (Å²) in [7, 11) is 0. The summed E-state index contributed by atoms with van der Waals surface area (Å²) >= 11 is 0. The van der Waals surface area contributed by atoms with Crippen molar-refractivity contribution in [3.8, 4) is 22.8 Å². The zero-order valence-electron chi connectivity index (χ0n) is 11.9. The molecule has 22 heavy (non-hydrogen) atoms. The summed E-state index contributed by atoms with van der Waals surface area (Å²) in [5.74, 6) is 0.241. The summed E-state index contributed by atoms with van der Waals surface area (Å²) in [5.41, 5.74) is 3.71. The number of pyridine rings is 1. The Labute approximate surface area is 128 Å². The summed E-state index contributed by atoms with van der Waals surface area (Å²) in [6.07, 6.45) is 1.87. The number of hydrogen-bond donors (Lipinski definition) is 1. The van der Waals surface area contributed by atoms with Gasteiger partial charge in [-0.1, -0.05) is 54.6 Å². The second kappa shape index (κ2) is 5.04. The lowest BCUT2D eigenvalue weighted by atomic mass is 10.1. The Morgan fingerprint density at radius 1 is 0.727 bits per heavy atom. The largest absolute Gasteiger partial charge is 0.474 e. The first-order valence-electron chi connectivity index (χ1n) is 7.21. The molecule has 0 aliphatic rings. The number of fused-ring (bicyclic) bond motifs is 1. The quantitative estimate of drug-likeness (QED) is 0.561. The van der Waals surface area contributed by atoms with Gasteiger partial charge >= 0.3 is 5.88 Å². The van der Waals surface area contributed by atoms with Crippen LogP contribution in [0.1, 0.15) is 0 Å². The standard InChI is InChI=1S/C19H14N2O/c22-19-18(15-9-3-1-4-10-15)21(16-11-5-2-6-12-16)17-13-7-8-14-20(17)19/h1-14H/p+1. The van der Waals surface area contributed by atoms with Crippen molar-refractivity contribution in [2.45, 2.75) is 0 Å². The number of para-hydroxylation sites is 1. The van der Waals surface area contributed by atoms with Gasteiger partial charge in [0.2, 0.25) is 5.69 Å². The van der Waals surface area contributed by atoms with Crippen LogP contribution in [0.2, 0.25) is 0 Å². The highest BCUT2D eigenvalue weighted by atomic mass is 16.3. The molecule has 0 aliphatic carbocycles. The van der Waals surface area contributed by atoms with Gasteiger partial charge in [-0.15, -0.1) is 0 Å². The van der Waals surface area contributed by atoms with Gasteiger partial charge in [0, 0.05) is 11.6 Å². The average molecular weight is 287 g/mol. The van der Waals surface area contributed by atoms with E-state index in [0.717, 1.165) is 22.6 Å². The second-order valence-corrected chi connectivity index (χ2v) is 5.14. The van der Waals surface area contributed by atoms with Gasteiger partial charge in [0.15, 0.2) is 0 Å². The molecule has 0 saturated carbocycles. The molecule has 0 fully saturated rings. The van der Waals surface area contributed by atoms with Gasteiger partial charge in [0.1, 0.15) is 5.69 Å². The van der Waals surface area contributed by atoms with Gasteiger partial charge in [-0.05, 0) is 18.2 Å². The molecule has 2 aromatic carbocycles. The van der Waals surface area contributed by atoms with Crippen molar-refractivity contribution in [3.05, 3.63) is 85.1 Å². The number of aromatic nitrogens is 2. The molecule has 4 rings (SSSR count). The molecular weight excluding hydrogens is 272 g/mol. The number of rotatable bonds is 2. The van der Waals surface area contributed by atoms with Crippen molar-refractivity contribution in [1.29, 1.82) is 0 Å². The van der Waals surface area contributed by atoms with Crippen LogP contribution in [0.4, 0.5) is 0 Å². The highest BCUT2D eigenvalue weighted by Crippen LogP contribution is 2.31. The zero-order valence-corrected chi connectivity index (χ0v) is 11.9. The number of hydrogen-bond acceptors (Lipinski definition) is 1. The molecular formula is C19H15N2O+. The van der Waals surface area contributed by atoms with E-state index in [1.807, 2.05) is 85.1 Å². The van der Waals surface area contributed by atoms with Gasteiger partial charge in [0.05, 0.1) is 6.20 Å². The van der Waals surface area contributed by atoms with Crippen molar-refractivity contribution in [1.82, 2.24) is 4.57 Å². The summed E-state index contributed by atoms with van der Waals surface area (Å²) in [6, 6.07) is 25.9. The lowest BCUT2D eigenvalue weighted by Gasteiger charge is -2.02. The Kier molecular flexibility index (Phi) is 2.90. The van der Waals surface area contributed by atoms with E-state index in [4.69, 9.17) is 0 Å². The molecule has 0 atom stereocenters. The number of benzene rings is 2. The molecule has 0 unspecified atom stereocenters. The average Bonchev–Trinajstić information content (AvgIpc) is 2.90. The van der Waals surface area contributed by atoms with E-state index in [9.17, 15) is 5.11 Å². The van der Waals surface area contributed by atoms with Crippen LogP contribution >= 0.6 is 0 Å². The Morgan fingerprint density at radius 3 is 2.09 bits per heavy atom. The zero-order chi connectivity index (χ0) is 14.9. The third-order valence-corrected chi connectivity index (χ3v) is 3.79. The molecule has 4 aromatic rings. The predicted molar refractivity (Wildman–Crippen MR) is 86.0 cm³/mol. The van der Waals surface area contributed by atoms with Crippen molar-refractivity contribution >= 4 is 5.65 Å². The molecule has 0 saturated heterocycles. The number of nitrogens with zero attached hydrogens (tertiary/aromatic N) is 2. The predicted octanol–water partition coefficient (Wildman–Crippen LogP) is 3.59.